The first-order valence-corrected chi connectivity index (χ1v) is 16.8. The summed E-state index contributed by atoms with van der Waals surface area (Å²) in [6.07, 6.45) is 40.0. The summed E-state index contributed by atoms with van der Waals surface area (Å²) in [5, 5.41) is 0. The average molecular weight is 683 g/mol. The third-order valence-electron chi connectivity index (χ3n) is 8.09. The number of nitrogens with zero attached hydrogens (tertiary/aromatic N) is 2. The van der Waals surface area contributed by atoms with Gasteiger partial charge in [-0.25, -0.2) is 9.13 Å². The lowest BCUT2D eigenvalue weighted by molar-refractivity contribution is -0.698. The Balaban J connectivity index is 0.00000760. The highest BCUT2D eigenvalue weighted by molar-refractivity contribution is 5.59. The Hall–Kier alpha value is -0.740. The van der Waals surface area contributed by atoms with Gasteiger partial charge in [0.05, 0.1) is 11.1 Å². The van der Waals surface area contributed by atoms with Gasteiger partial charge in [0.25, 0.3) is 0 Å². The van der Waals surface area contributed by atoms with E-state index in [0.717, 1.165) is 13.1 Å². The van der Waals surface area contributed by atoms with Crippen molar-refractivity contribution in [3.8, 4) is 11.1 Å². The largest absolute Gasteiger partial charge is 1.00 e. The molecule has 4 heteroatoms. The molecular formula is C36H62Br2N2. The molecule has 40 heavy (non-hydrogen) atoms. The van der Waals surface area contributed by atoms with E-state index >= 15 is 0 Å². The van der Waals surface area contributed by atoms with Gasteiger partial charge in [-0.2, -0.15) is 0 Å². The molecule has 0 saturated heterocycles. The van der Waals surface area contributed by atoms with Gasteiger partial charge in [-0.15, -0.1) is 0 Å². The molecular weight excluding hydrogens is 620 g/mol. The van der Waals surface area contributed by atoms with Gasteiger partial charge in [-0.1, -0.05) is 129 Å². The highest BCUT2D eigenvalue weighted by Crippen LogP contribution is 2.16. The van der Waals surface area contributed by atoms with Gasteiger partial charge in [0.15, 0.2) is 24.8 Å². The number of hydrogen-bond donors (Lipinski definition) is 0. The van der Waals surface area contributed by atoms with Gasteiger partial charge >= 0.3 is 0 Å². The third-order valence-corrected chi connectivity index (χ3v) is 8.09. The highest BCUT2D eigenvalue weighted by atomic mass is 79.9. The number of unbranched alkanes of at least 4 members (excludes halogenated alkanes) is 20. The maximum Gasteiger partial charge on any atom is 0.176 e. The lowest BCUT2D eigenvalue weighted by Gasteiger charge is -2.04. The second kappa shape index (κ2) is 28.4. The van der Waals surface area contributed by atoms with E-state index in [2.05, 4.69) is 72.0 Å². The van der Waals surface area contributed by atoms with Crippen LogP contribution >= 0.6 is 0 Å². The van der Waals surface area contributed by atoms with E-state index < -0.39 is 0 Å². The Morgan fingerprint density at radius 1 is 0.400 bits per heavy atom. The molecule has 0 bridgehead atoms. The highest BCUT2D eigenvalue weighted by Gasteiger charge is 2.09. The fourth-order valence-electron chi connectivity index (χ4n) is 5.58. The number of hydrogen-bond acceptors (Lipinski definition) is 0. The lowest BCUT2D eigenvalue weighted by atomic mass is 10.1. The molecule has 0 aliphatic heterocycles. The van der Waals surface area contributed by atoms with Crippen molar-refractivity contribution in [2.24, 2.45) is 0 Å². The van der Waals surface area contributed by atoms with Gasteiger partial charge in [0.1, 0.15) is 13.1 Å². The van der Waals surface area contributed by atoms with Crippen molar-refractivity contribution >= 4 is 0 Å². The Kier molecular flexibility index (Phi) is 27.9. The minimum atomic E-state index is 0. The topological polar surface area (TPSA) is 7.76 Å². The summed E-state index contributed by atoms with van der Waals surface area (Å²) in [5.41, 5.74) is 2.67. The quantitative estimate of drug-likeness (QED) is 0.107. The van der Waals surface area contributed by atoms with Gasteiger partial charge in [-0.05, 0) is 25.0 Å². The smallest absolute Gasteiger partial charge is 0.176 e. The van der Waals surface area contributed by atoms with E-state index in [0.29, 0.717) is 0 Å². The summed E-state index contributed by atoms with van der Waals surface area (Å²) < 4.78 is 4.79. The molecule has 0 aliphatic rings. The van der Waals surface area contributed by atoms with Gasteiger partial charge in [0.2, 0.25) is 0 Å². The van der Waals surface area contributed by atoms with Crippen LogP contribution in [0.25, 0.3) is 11.1 Å². The van der Waals surface area contributed by atoms with Crippen molar-refractivity contribution in [2.45, 2.75) is 168 Å². The number of aromatic nitrogens is 2. The number of pyridine rings is 2. The zero-order valence-corrected chi connectivity index (χ0v) is 29.4. The van der Waals surface area contributed by atoms with Crippen LogP contribution in [0.5, 0.6) is 0 Å². The summed E-state index contributed by atoms with van der Waals surface area (Å²) in [6.45, 7) is 6.87. The predicted octanol–water partition coefficient (Wildman–Crippen LogP) is 4.56. The Morgan fingerprint density at radius 2 is 0.675 bits per heavy atom. The molecule has 0 aliphatic carbocycles. The van der Waals surface area contributed by atoms with Gasteiger partial charge in [0, 0.05) is 25.0 Å². The first-order valence-electron chi connectivity index (χ1n) is 16.8. The van der Waals surface area contributed by atoms with E-state index in [1.807, 2.05) is 0 Å². The zero-order chi connectivity index (χ0) is 26.9. The summed E-state index contributed by atoms with van der Waals surface area (Å²) in [5.74, 6) is 0. The van der Waals surface area contributed by atoms with Crippen LogP contribution in [0.4, 0.5) is 0 Å². The van der Waals surface area contributed by atoms with E-state index in [1.54, 1.807) is 0 Å². The maximum atomic E-state index is 2.39. The average Bonchev–Trinajstić information content (AvgIpc) is 2.95. The van der Waals surface area contributed by atoms with E-state index in [4.69, 9.17) is 0 Å². The van der Waals surface area contributed by atoms with Crippen LogP contribution in [0.1, 0.15) is 155 Å². The van der Waals surface area contributed by atoms with Gasteiger partial charge in [-0.3, -0.25) is 0 Å². The molecule has 2 heterocycles. The first-order chi connectivity index (χ1) is 18.8. The van der Waals surface area contributed by atoms with Crippen LogP contribution in [0.2, 0.25) is 0 Å². The minimum Gasteiger partial charge on any atom is -1.00 e. The third kappa shape index (κ3) is 20.2. The molecule has 230 valence electrons. The number of rotatable bonds is 25. The fraction of sp³-hybridized carbons (Fsp3) is 0.722. The summed E-state index contributed by atoms with van der Waals surface area (Å²) in [7, 11) is 0. The molecule has 0 spiro atoms. The standard InChI is InChI=1S/C36H62N2.2BrH/c1-3-5-7-9-11-13-15-16-18-20-22-24-30-38-32-26-28-36(34-38)35-27-25-31-37(33-35)29-23-21-19-17-14-12-10-8-6-4-2;;/h25-28,31-34H,3-24,29-30H2,1-2H3;2*1H/q+2;;/p-2. The molecule has 0 radical (unpaired) electrons. The zero-order valence-electron chi connectivity index (χ0n) is 26.2. The molecule has 0 amide bonds. The second-order valence-electron chi connectivity index (χ2n) is 11.7. The van der Waals surface area contributed by atoms with Gasteiger partial charge < -0.3 is 34.0 Å². The normalized spacial score (nSPS) is 10.8. The molecule has 0 atom stereocenters. The van der Waals surface area contributed by atoms with Crippen molar-refractivity contribution in [1.82, 2.24) is 0 Å². The van der Waals surface area contributed by atoms with E-state index in [1.165, 1.54) is 152 Å². The lowest BCUT2D eigenvalue weighted by Crippen LogP contribution is -3.00. The molecule has 2 nitrogen and oxygen atoms in total. The summed E-state index contributed by atoms with van der Waals surface area (Å²) in [6, 6.07) is 8.96. The molecule has 0 saturated carbocycles. The van der Waals surface area contributed by atoms with Crippen LogP contribution < -0.4 is 43.1 Å². The SMILES string of the molecule is CCCCCCCCCCCCCC[n+]1cccc(-c2ccc[n+](CCCCCCCCCCCC)c2)c1.[Br-].[Br-]. The minimum absolute atomic E-state index is 0. The van der Waals surface area contributed by atoms with Crippen molar-refractivity contribution < 1.29 is 43.1 Å². The van der Waals surface area contributed by atoms with Crippen molar-refractivity contribution in [3.05, 3.63) is 49.1 Å². The van der Waals surface area contributed by atoms with E-state index in [-0.39, 0.29) is 34.0 Å². The van der Waals surface area contributed by atoms with Crippen molar-refractivity contribution in [1.29, 1.82) is 0 Å². The number of aryl methyl sites for hydroxylation is 2. The fourth-order valence-corrected chi connectivity index (χ4v) is 5.58. The van der Waals surface area contributed by atoms with Crippen molar-refractivity contribution in [2.75, 3.05) is 0 Å². The number of halogens is 2. The molecule has 2 rings (SSSR count). The predicted molar refractivity (Wildman–Crippen MR) is 165 cm³/mol. The monoisotopic (exact) mass is 680 g/mol. The Labute approximate surface area is 270 Å². The van der Waals surface area contributed by atoms with Crippen LogP contribution in [-0.2, 0) is 13.1 Å². The maximum absolute atomic E-state index is 2.39. The molecule has 2 aromatic heterocycles. The van der Waals surface area contributed by atoms with E-state index in [9.17, 15) is 0 Å². The first kappa shape index (κ1) is 39.3. The Morgan fingerprint density at radius 3 is 0.975 bits per heavy atom. The summed E-state index contributed by atoms with van der Waals surface area (Å²) >= 11 is 0. The Bertz CT molecular complexity index is 811. The van der Waals surface area contributed by atoms with Crippen LogP contribution in [0, 0.1) is 0 Å². The molecule has 0 aromatic carbocycles. The molecule has 0 fully saturated rings. The molecule has 0 N–H and O–H groups in total. The van der Waals surface area contributed by atoms with Crippen LogP contribution in [0.3, 0.4) is 0 Å². The second-order valence-corrected chi connectivity index (χ2v) is 11.7. The summed E-state index contributed by atoms with van der Waals surface area (Å²) in [4.78, 5) is 0. The van der Waals surface area contributed by atoms with Crippen molar-refractivity contribution in [3.63, 3.8) is 0 Å². The molecule has 2 aromatic rings. The molecule has 0 unspecified atom stereocenters. The van der Waals surface area contributed by atoms with Crippen LogP contribution in [0.15, 0.2) is 49.1 Å². The van der Waals surface area contributed by atoms with Crippen LogP contribution in [-0.4, -0.2) is 0 Å².